The largest absolute Gasteiger partial charge is 0.388 e. The zero-order valence-corrected chi connectivity index (χ0v) is 10.2. The number of hydrogen-bond acceptors (Lipinski definition) is 3. The molecule has 0 aliphatic carbocycles. The fourth-order valence-electron chi connectivity index (χ4n) is 2.19. The summed E-state index contributed by atoms with van der Waals surface area (Å²) >= 11 is 0. The molecule has 0 bridgehead atoms. The Kier molecular flexibility index (Phi) is 3.49. The van der Waals surface area contributed by atoms with Gasteiger partial charge < -0.3 is 5.11 Å². The van der Waals surface area contributed by atoms with Gasteiger partial charge >= 0.3 is 0 Å². The van der Waals surface area contributed by atoms with Gasteiger partial charge in [0.1, 0.15) is 5.82 Å². The first-order chi connectivity index (χ1) is 7.96. The maximum absolute atomic E-state index is 12.7. The fraction of sp³-hybridized carbons (Fsp3) is 0.500. The van der Waals surface area contributed by atoms with Crippen molar-refractivity contribution in [1.82, 2.24) is 0 Å². The molecule has 1 aliphatic rings. The molecule has 2 atom stereocenters. The molecule has 0 radical (unpaired) electrons. The first kappa shape index (κ1) is 12.5. The van der Waals surface area contributed by atoms with Crippen molar-refractivity contribution in [2.24, 2.45) is 5.92 Å². The number of hydrogen-bond donors (Lipinski definition) is 1. The Morgan fingerprint density at radius 3 is 2.53 bits per heavy atom. The van der Waals surface area contributed by atoms with Crippen molar-refractivity contribution >= 4 is 9.84 Å². The van der Waals surface area contributed by atoms with Crippen LogP contribution in [0.3, 0.4) is 0 Å². The van der Waals surface area contributed by atoms with Crippen molar-refractivity contribution in [1.29, 1.82) is 0 Å². The van der Waals surface area contributed by atoms with E-state index >= 15 is 0 Å². The van der Waals surface area contributed by atoms with E-state index < -0.39 is 15.9 Å². The van der Waals surface area contributed by atoms with Gasteiger partial charge in [-0.2, -0.15) is 0 Å². The summed E-state index contributed by atoms with van der Waals surface area (Å²) in [6, 6.07) is 5.65. The van der Waals surface area contributed by atoms with Crippen LogP contribution >= 0.6 is 0 Å². The Labute approximate surface area is 100 Å². The number of rotatable bonds is 3. The van der Waals surface area contributed by atoms with E-state index in [9.17, 15) is 17.9 Å². The van der Waals surface area contributed by atoms with E-state index in [1.54, 1.807) is 0 Å². The average molecular weight is 258 g/mol. The van der Waals surface area contributed by atoms with Crippen molar-refractivity contribution in [3.05, 3.63) is 35.6 Å². The molecule has 0 saturated carbocycles. The molecule has 1 saturated heterocycles. The normalized spacial score (nSPS) is 24.7. The Balaban J connectivity index is 1.98. The summed E-state index contributed by atoms with van der Waals surface area (Å²) in [5.74, 6) is 0.0449. The molecule has 3 nitrogen and oxygen atoms in total. The molecule has 1 aromatic rings. The minimum Gasteiger partial charge on any atom is -0.388 e. The highest BCUT2D eigenvalue weighted by molar-refractivity contribution is 7.91. The molecule has 1 aliphatic heterocycles. The van der Waals surface area contributed by atoms with Crippen LogP contribution in [0.25, 0.3) is 0 Å². The van der Waals surface area contributed by atoms with E-state index in [2.05, 4.69) is 0 Å². The third-order valence-electron chi connectivity index (χ3n) is 3.14. The third kappa shape index (κ3) is 3.26. The first-order valence-corrected chi connectivity index (χ1v) is 7.42. The second kappa shape index (κ2) is 4.74. The van der Waals surface area contributed by atoms with Gasteiger partial charge in [0.15, 0.2) is 9.84 Å². The highest BCUT2D eigenvalue weighted by Gasteiger charge is 2.29. The van der Waals surface area contributed by atoms with Crippen molar-refractivity contribution < 1.29 is 17.9 Å². The van der Waals surface area contributed by atoms with Crippen LogP contribution in [0.2, 0.25) is 0 Å². The highest BCUT2D eigenvalue weighted by Crippen LogP contribution is 2.28. The summed E-state index contributed by atoms with van der Waals surface area (Å²) in [7, 11) is -2.90. The molecule has 0 amide bonds. The zero-order chi connectivity index (χ0) is 12.5. The SMILES string of the molecule is O=S1(=O)CCC(CC(O)c2ccc(F)cc2)C1. The fourth-order valence-corrected chi connectivity index (χ4v) is 4.07. The molecule has 2 unspecified atom stereocenters. The second-order valence-corrected chi connectivity index (χ2v) is 6.80. The summed E-state index contributed by atoms with van der Waals surface area (Å²) in [6.07, 6.45) is 0.319. The van der Waals surface area contributed by atoms with Crippen molar-refractivity contribution in [2.75, 3.05) is 11.5 Å². The molecule has 1 heterocycles. The summed E-state index contributed by atoms with van der Waals surface area (Å²) in [5, 5.41) is 9.92. The minimum absolute atomic E-state index is 0.0139. The average Bonchev–Trinajstić information content (AvgIpc) is 2.59. The lowest BCUT2D eigenvalue weighted by Gasteiger charge is -2.14. The van der Waals surface area contributed by atoms with Crippen molar-refractivity contribution in [2.45, 2.75) is 18.9 Å². The Bertz CT molecular complexity index is 481. The van der Waals surface area contributed by atoms with Crippen LogP contribution in [-0.4, -0.2) is 25.0 Å². The summed E-state index contributed by atoms with van der Waals surface area (Å²) in [5.41, 5.74) is 0.635. The number of aliphatic hydroxyl groups excluding tert-OH is 1. The highest BCUT2D eigenvalue weighted by atomic mass is 32.2. The molecular weight excluding hydrogens is 243 g/mol. The number of halogens is 1. The molecule has 2 rings (SSSR count). The van der Waals surface area contributed by atoms with E-state index in [0.29, 0.717) is 18.4 Å². The second-order valence-electron chi connectivity index (χ2n) is 4.57. The van der Waals surface area contributed by atoms with Crippen LogP contribution < -0.4 is 0 Å². The van der Waals surface area contributed by atoms with Gasteiger partial charge in [-0.1, -0.05) is 12.1 Å². The van der Waals surface area contributed by atoms with Gasteiger partial charge in [0, 0.05) is 0 Å². The Morgan fingerprint density at radius 1 is 1.35 bits per heavy atom. The molecule has 0 spiro atoms. The maximum atomic E-state index is 12.7. The van der Waals surface area contributed by atoms with Gasteiger partial charge in [0.2, 0.25) is 0 Å². The van der Waals surface area contributed by atoms with Crippen molar-refractivity contribution in [3.8, 4) is 0 Å². The third-order valence-corrected chi connectivity index (χ3v) is 4.98. The summed E-state index contributed by atoms with van der Waals surface area (Å²) < 4.78 is 35.2. The van der Waals surface area contributed by atoms with E-state index in [1.165, 1.54) is 24.3 Å². The Morgan fingerprint density at radius 2 is 2.00 bits per heavy atom. The summed E-state index contributed by atoms with van der Waals surface area (Å²) in [4.78, 5) is 0. The van der Waals surface area contributed by atoms with Gasteiger partial charge in [0.05, 0.1) is 17.6 Å². The van der Waals surface area contributed by atoms with Crippen LogP contribution in [-0.2, 0) is 9.84 Å². The molecule has 17 heavy (non-hydrogen) atoms. The minimum atomic E-state index is -2.90. The van der Waals surface area contributed by atoms with Crippen LogP contribution in [0, 0.1) is 11.7 Å². The van der Waals surface area contributed by atoms with Gasteiger partial charge in [0.25, 0.3) is 0 Å². The topological polar surface area (TPSA) is 54.4 Å². The molecule has 1 aromatic carbocycles. The Hall–Kier alpha value is -0.940. The van der Waals surface area contributed by atoms with Gasteiger partial charge in [-0.15, -0.1) is 0 Å². The molecule has 1 N–H and O–H groups in total. The maximum Gasteiger partial charge on any atom is 0.150 e. The number of sulfone groups is 1. The predicted molar refractivity (Wildman–Crippen MR) is 62.7 cm³/mol. The van der Waals surface area contributed by atoms with E-state index in [4.69, 9.17) is 0 Å². The van der Waals surface area contributed by atoms with Crippen LogP contribution in [0.1, 0.15) is 24.5 Å². The first-order valence-electron chi connectivity index (χ1n) is 5.60. The lowest BCUT2D eigenvalue weighted by atomic mass is 9.96. The van der Waals surface area contributed by atoms with E-state index in [1.807, 2.05) is 0 Å². The molecule has 94 valence electrons. The molecule has 0 aromatic heterocycles. The zero-order valence-electron chi connectivity index (χ0n) is 9.34. The lowest BCUT2D eigenvalue weighted by molar-refractivity contribution is 0.148. The molecule has 5 heteroatoms. The van der Waals surface area contributed by atoms with Gasteiger partial charge in [-0.05, 0) is 36.5 Å². The van der Waals surface area contributed by atoms with Crippen LogP contribution in [0.15, 0.2) is 24.3 Å². The van der Waals surface area contributed by atoms with Gasteiger partial charge in [-0.3, -0.25) is 0 Å². The summed E-state index contributed by atoms with van der Waals surface area (Å²) in [6.45, 7) is 0. The molecular formula is C12H15FO3S. The number of aliphatic hydroxyl groups is 1. The lowest BCUT2D eigenvalue weighted by Crippen LogP contribution is -2.09. The quantitative estimate of drug-likeness (QED) is 0.897. The molecule has 1 fully saturated rings. The number of benzene rings is 1. The predicted octanol–water partition coefficient (Wildman–Crippen LogP) is 1.68. The van der Waals surface area contributed by atoms with E-state index in [-0.39, 0.29) is 23.2 Å². The van der Waals surface area contributed by atoms with Gasteiger partial charge in [-0.25, -0.2) is 12.8 Å². The van der Waals surface area contributed by atoms with Crippen LogP contribution in [0.5, 0.6) is 0 Å². The van der Waals surface area contributed by atoms with Crippen LogP contribution in [0.4, 0.5) is 4.39 Å². The standard InChI is InChI=1S/C12H15FO3S/c13-11-3-1-10(2-4-11)12(14)7-9-5-6-17(15,16)8-9/h1-4,9,12,14H,5-8H2. The monoisotopic (exact) mass is 258 g/mol. The smallest absolute Gasteiger partial charge is 0.150 e. The van der Waals surface area contributed by atoms with E-state index in [0.717, 1.165) is 0 Å². The van der Waals surface area contributed by atoms with Crippen molar-refractivity contribution in [3.63, 3.8) is 0 Å².